The second-order valence-electron chi connectivity index (χ2n) is 14.6. The number of allylic oxidation sites excluding steroid dienone is 9. The lowest BCUT2D eigenvalue weighted by Gasteiger charge is -2.18. The first-order valence-corrected chi connectivity index (χ1v) is 22.3. The van der Waals surface area contributed by atoms with Gasteiger partial charge < -0.3 is 14.2 Å². The molecule has 1 atom stereocenters. The normalized spacial score (nSPS) is 12.6. The standard InChI is InChI=1S/C48H82O6/c1-4-7-10-13-16-19-21-22-23-24-25-26-27-30-32-35-38-41-47(50)53-44-45(43-52-46(49)40-37-34-31-28-18-15-12-9-6-3)54-48(51)42-39-36-33-29-20-17-14-11-8-5-2/h9,12,14,17-18,22-23,28,34,37,45H,4-8,10-11,13,15-16,19-21,24-27,29-33,35-36,38-44H2,1-3H3/b12-9-,17-14-,23-22-,28-18-,37-34-. The number of carbonyl (C=O) groups is 3. The molecule has 0 bridgehead atoms. The third kappa shape index (κ3) is 40.3. The van der Waals surface area contributed by atoms with Gasteiger partial charge in [0.2, 0.25) is 0 Å². The van der Waals surface area contributed by atoms with Crippen LogP contribution in [0.2, 0.25) is 0 Å². The van der Waals surface area contributed by atoms with Crippen LogP contribution in [0.25, 0.3) is 0 Å². The highest BCUT2D eigenvalue weighted by molar-refractivity contribution is 5.72. The molecular weight excluding hydrogens is 673 g/mol. The molecule has 0 rings (SSSR count). The average molecular weight is 755 g/mol. The van der Waals surface area contributed by atoms with E-state index in [4.69, 9.17) is 14.2 Å². The van der Waals surface area contributed by atoms with Crippen molar-refractivity contribution in [1.82, 2.24) is 0 Å². The Morgan fingerprint density at radius 2 is 0.815 bits per heavy atom. The number of carbonyl (C=O) groups excluding carboxylic acids is 3. The number of rotatable bonds is 39. The number of ether oxygens (including phenoxy) is 3. The van der Waals surface area contributed by atoms with Gasteiger partial charge in [-0.2, -0.15) is 0 Å². The fourth-order valence-corrected chi connectivity index (χ4v) is 5.89. The predicted molar refractivity (Wildman–Crippen MR) is 228 cm³/mol. The van der Waals surface area contributed by atoms with Crippen molar-refractivity contribution in [2.45, 2.75) is 213 Å². The van der Waals surface area contributed by atoms with Crippen molar-refractivity contribution in [1.29, 1.82) is 0 Å². The highest BCUT2D eigenvalue weighted by Crippen LogP contribution is 2.13. The molecule has 54 heavy (non-hydrogen) atoms. The van der Waals surface area contributed by atoms with Crippen LogP contribution in [0.3, 0.4) is 0 Å². The van der Waals surface area contributed by atoms with Crippen LogP contribution >= 0.6 is 0 Å². The van der Waals surface area contributed by atoms with Crippen LogP contribution in [0.1, 0.15) is 207 Å². The SMILES string of the molecule is CC/C=C\C/C=C\C/C=C\CC(=O)OCC(COC(=O)CCCCCCCCC/C=C\CCCCCCCC)OC(=O)CCCCCC/C=C\CCCC. The molecule has 0 spiro atoms. The first-order valence-electron chi connectivity index (χ1n) is 22.3. The monoisotopic (exact) mass is 755 g/mol. The van der Waals surface area contributed by atoms with Crippen LogP contribution in [0.15, 0.2) is 60.8 Å². The number of esters is 3. The van der Waals surface area contributed by atoms with Crippen LogP contribution in [0.4, 0.5) is 0 Å². The minimum absolute atomic E-state index is 0.108. The van der Waals surface area contributed by atoms with Gasteiger partial charge in [0, 0.05) is 12.8 Å². The average Bonchev–Trinajstić information content (AvgIpc) is 3.17. The molecule has 0 saturated heterocycles. The molecule has 0 radical (unpaired) electrons. The van der Waals surface area contributed by atoms with E-state index in [-0.39, 0.29) is 31.6 Å². The second-order valence-corrected chi connectivity index (χ2v) is 14.6. The Morgan fingerprint density at radius 1 is 0.407 bits per heavy atom. The summed E-state index contributed by atoms with van der Waals surface area (Å²) >= 11 is 0. The van der Waals surface area contributed by atoms with E-state index in [9.17, 15) is 14.4 Å². The molecule has 0 fully saturated rings. The quantitative estimate of drug-likeness (QED) is 0.0269. The highest BCUT2D eigenvalue weighted by Gasteiger charge is 2.19. The lowest BCUT2D eigenvalue weighted by atomic mass is 10.1. The maximum atomic E-state index is 12.6. The summed E-state index contributed by atoms with van der Waals surface area (Å²) in [5, 5.41) is 0. The number of hydrogen-bond acceptors (Lipinski definition) is 6. The molecule has 0 aromatic carbocycles. The lowest BCUT2D eigenvalue weighted by Crippen LogP contribution is -2.30. The topological polar surface area (TPSA) is 78.9 Å². The Bertz CT molecular complexity index is 1010. The number of hydrogen-bond donors (Lipinski definition) is 0. The van der Waals surface area contributed by atoms with E-state index in [2.05, 4.69) is 69.4 Å². The molecule has 0 heterocycles. The van der Waals surface area contributed by atoms with Gasteiger partial charge in [-0.15, -0.1) is 0 Å². The predicted octanol–water partition coefficient (Wildman–Crippen LogP) is 14.1. The van der Waals surface area contributed by atoms with Crippen LogP contribution in [0, 0.1) is 0 Å². The van der Waals surface area contributed by atoms with Crippen molar-refractivity contribution < 1.29 is 28.6 Å². The summed E-state index contributed by atoms with van der Waals surface area (Å²) in [6.07, 6.45) is 51.0. The summed E-state index contributed by atoms with van der Waals surface area (Å²) < 4.78 is 16.5. The van der Waals surface area contributed by atoms with Gasteiger partial charge in [-0.3, -0.25) is 14.4 Å². The van der Waals surface area contributed by atoms with Crippen molar-refractivity contribution in [2.24, 2.45) is 0 Å². The van der Waals surface area contributed by atoms with Gasteiger partial charge >= 0.3 is 17.9 Å². The summed E-state index contributed by atoms with van der Waals surface area (Å²) in [5.41, 5.74) is 0. The van der Waals surface area contributed by atoms with E-state index < -0.39 is 12.1 Å². The van der Waals surface area contributed by atoms with Crippen LogP contribution in [0.5, 0.6) is 0 Å². The molecular formula is C48H82O6. The van der Waals surface area contributed by atoms with Crippen molar-refractivity contribution in [3.05, 3.63) is 60.8 Å². The summed E-state index contributed by atoms with van der Waals surface area (Å²) in [5.74, 6) is -1.06. The smallest absolute Gasteiger partial charge is 0.309 e. The van der Waals surface area contributed by atoms with Gasteiger partial charge in [0.05, 0.1) is 6.42 Å². The van der Waals surface area contributed by atoms with Gasteiger partial charge in [-0.1, -0.05) is 171 Å². The molecule has 310 valence electrons. The number of unbranched alkanes of at least 4 members (excludes halogenated alkanes) is 19. The van der Waals surface area contributed by atoms with E-state index in [1.807, 2.05) is 6.08 Å². The van der Waals surface area contributed by atoms with E-state index in [1.165, 1.54) is 89.9 Å². The van der Waals surface area contributed by atoms with Crippen LogP contribution in [-0.4, -0.2) is 37.2 Å². The minimum Gasteiger partial charge on any atom is -0.462 e. The van der Waals surface area contributed by atoms with Gasteiger partial charge in [0.25, 0.3) is 0 Å². The Morgan fingerprint density at radius 3 is 1.33 bits per heavy atom. The zero-order valence-corrected chi connectivity index (χ0v) is 35.2. The molecule has 0 amide bonds. The molecule has 0 N–H and O–H groups in total. The molecule has 6 nitrogen and oxygen atoms in total. The van der Waals surface area contributed by atoms with E-state index in [0.29, 0.717) is 12.8 Å². The Kier molecular flexibility index (Phi) is 40.6. The Labute approximate surface area is 332 Å². The maximum absolute atomic E-state index is 12.6. The van der Waals surface area contributed by atoms with Crippen molar-refractivity contribution >= 4 is 17.9 Å². The zero-order chi connectivity index (χ0) is 39.4. The highest BCUT2D eigenvalue weighted by atomic mass is 16.6. The first-order chi connectivity index (χ1) is 26.5. The van der Waals surface area contributed by atoms with E-state index in [1.54, 1.807) is 6.08 Å². The molecule has 0 aromatic heterocycles. The van der Waals surface area contributed by atoms with Crippen molar-refractivity contribution in [3.63, 3.8) is 0 Å². The minimum atomic E-state index is -0.813. The lowest BCUT2D eigenvalue weighted by molar-refractivity contribution is -0.166. The fourth-order valence-electron chi connectivity index (χ4n) is 5.89. The van der Waals surface area contributed by atoms with Gasteiger partial charge in [-0.05, 0) is 77.0 Å². The van der Waals surface area contributed by atoms with Crippen LogP contribution < -0.4 is 0 Å². The third-order valence-electron chi connectivity index (χ3n) is 9.26. The largest absolute Gasteiger partial charge is 0.462 e. The van der Waals surface area contributed by atoms with Gasteiger partial charge in [0.1, 0.15) is 13.2 Å². The molecule has 0 aliphatic heterocycles. The van der Waals surface area contributed by atoms with Crippen LogP contribution in [-0.2, 0) is 28.6 Å². The molecule has 6 heteroatoms. The fraction of sp³-hybridized carbons (Fsp3) is 0.729. The Balaban J connectivity index is 4.38. The summed E-state index contributed by atoms with van der Waals surface area (Å²) in [6, 6.07) is 0. The Hall–Kier alpha value is -2.89. The zero-order valence-electron chi connectivity index (χ0n) is 35.2. The molecule has 1 unspecified atom stereocenters. The van der Waals surface area contributed by atoms with E-state index >= 15 is 0 Å². The summed E-state index contributed by atoms with van der Waals surface area (Å²) in [6.45, 7) is 6.34. The van der Waals surface area contributed by atoms with Crippen molar-refractivity contribution in [3.8, 4) is 0 Å². The third-order valence-corrected chi connectivity index (χ3v) is 9.26. The first kappa shape index (κ1) is 51.1. The summed E-state index contributed by atoms with van der Waals surface area (Å²) in [4.78, 5) is 37.5. The molecule has 0 aromatic rings. The van der Waals surface area contributed by atoms with Gasteiger partial charge in [0.15, 0.2) is 6.10 Å². The van der Waals surface area contributed by atoms with E-state index in [0.717, 1.165) is 77.0 Å². The van der Waals surface area contributed by atoms with Crippen molar-refractivity contribution in [2.75, 3.05) is 13.2 Å². The maximum Gasteiger partial charge on any atom is 0.309 e. The molecule has 0 aliphatic carbocycles. The molecule has 0 aliphatic rings. The second kappa shape index (κ2) is 42.8. The molecule has 0 saturated carbocycles. The summed E-state index contributed by atoms with van der Waals surface area (Å²) in [7, 11) is 0. The van der Waals surface area contributed by atoms with Gasteiger partial charge in [-0.25, -0.2) is 0 Å².